The van der Waals surface area contributed by atoms with Crippen LogP contribution in [0.3, 0.4) is 0 Å². The molecule has 0 saturated heterocycles. The molecule has 0 fully saturated rings. The third kappa shape index (κ3) is 2.24. The first-order valence-electron chi connectivity index (χ1n) is 5.28. The second-order valence-electron chi connectivity index (χ2n) is 3.89. The molecule has 106 valence electrons. The van der Waals surface area contributed by atoms with Crippen molar-refractivity contribution in [1.29, 1.82) is 0 Å². The number of nitrogens with two attached hydrogens (primary N) is 1. The molecular formula is C12H8F5N3. The van der Waals surface area contributed by atoms with Crippen LogP contribution in [0.4, 0.5) is 27.6 Å². The minimum Gasteiger partial charge on any atom is -0.396 e. The lowest BCUT2D eigenvalue weighted by Crippen LogP contribution is -2.17. The smallest absolute Gasteiger partial charge is 0.396 e. The van der Waals surface area contributed by atoms with Gasteiger partial charge in [0.15, 0.2) is 11.5 Å². The number of rotatable bonds is 2. The zero-order chi connectivity index (χ0) is 15.1. The molecule has 1 aromatic carbocycles. The van der Waals surface area contributed by atoms with Crippen molar-refractivity contribution in [2.75, 3.05) is 5.73 Å². The van der Waals surface area contributed by atoms with Gasteiger partial charge in [-0.2, -0.15) is 18.3 Å². The Morgan fingerprint density at radius 2 is 1.90 bits per heavy atom. The Balaban J connectivity index is 2.80. The Kier molecular flexibility index (Phi) is 3.24. The average Bonchev–Trinajstić information content (AvgIpc) is 2.69. The quantitative estimate of drug-likeness (QED) is 0.861. The highest BCUT2D eigenvalue weighted by Gasteiger charge is 2.39. The van der Waals surface area contributed by atoms with Crippen LogP contribution in [-0.4, -0.2) is 9.78 Å². The number of hydrogen-bond acceptors (Lipinski definition) is 2. The van der Waals surface area contributed by atoms with E-state index in [1.165, 1.54) is 0 Å². The van der Waals surface area contributed by atoms with Crippen LogP contribution in [-0.2, 0) is 6.18 Å². The number of anilines is 1. The number of hydrogen-bond donors (Lipinski definition) is 1. The average molecular weight is 289 g/mol. The predicted molar refractivity (Wildman–Crippen MR) is 63.0 cm³/mol. The van der Waals surface area contributed by atoms with E-state index in [1.54, 1.807) is 0 Å². The highest BCUT2D eigenvalue weighted by atomic mass is 19.4. The molecule has 2 aromatic rings. The monoisotopic (exact) mass is 289 g/mol. The molecule has 1 heterocycles. The van der Waals surface area contributed by atoms with Crippen LogP contribution in [0.1, 0.15) is 11.3 Å². The fourth-order valence-corrected chi connectivity index (χ4v) is 1.78. The van der Waals surface area contributed by atoms with E-state index in [-0.39, 0.29) is 5.56 Å². The van der Waals surface area contributed by atoms with Gasteiger partial charge in [0.1, 0.15) is 11.5 Å². The van der Waals surface area contributed by atoms with Gasteiger partial charge in [0.2, 0.25) is 0 Å². The van der Waals surface area contributed by atoms with Crippen molar-refractivity contribution in [3.05, 3.63) is 47.8 Å². The van der Waals surface area contributed by atoms with Crippen molar-refractivity contribution in [1.82, 2.24) is 9.78 Å². The summed E-state index contributed by atoms with van der Waals surface area (Å²) in [7, 11) is 0. The molecular weight excluding hydrogens is 281 g/mol. The van der Waals surface area contributed by atoms with Gasteiger partial charge in [-0.15, -0.1) is 0 Å². The zero-order valence-corrected chi connectivity index (χ0v) is 9.88. The van der Waals surface area contributed by atoms with E-state index in [9.17, 15) is 22.0 Å². The second kappa shape index (κ2) is 4.62. The first-order chi connectivity index (χ1) is 9.25. The fourth-order valence-electron chi connectivity index (χ4n) is 1.78. The minimum atomic E-state index is -4.83. The molecule has 0 unspecified atom stereocenters. The Labute approximate surface area is 110 Å². The van der Waals surface area contributed by atoms with E-state index in [1.807, 2.05) is 0 Å². The summed E-state index contributed by atoms with van der Waals surface area (Å²) in [6.07, 6.45) is -3.06. The summed E-state index contributed by atoms with van der Waals surface area (Å²) >= 11 is 0. The van der Waals surface area contributed by atoms with Gasteiger partial charge in [0.25, 0.3) is 0 Å². The van der Waals surface area contributed by atoms with Gasteiger partial charge in [0, 0.05) is 11.6 Å². The number of alkyl halides is 3. The van der Waals surface area contributed by atoms with Gasteiger partial charge in [0.05, 0.1) is 11.9 Å². The van der Waals surface area contributed by atoms with Gasteiger partial charge in [-0.1, -0.05) is 12.7 Å². The summed E-state index contributed by atoms with van der Waals surface area (Å²) in [6, 6.07) is 1.31. The Bertz CT molecular complexity index is 672. The van der Waals surface area contributed by atoms with Crippen molar-refractivity contribution in [3.63, 3.8) is 0 Å². The van der Waals surface area contributed by atoms with Crippen molar-refractivity contribution in [2.45, 2.75) is 6.18 Å². The van der Waals surface area contributed by atoms with E-state index in [2.05, 4.69) is 11.7 Å². The second-order valence-corrected chi connectivity index (χ2v) is 3.89. The van der Waals surface area contributed by atoms with Crippen LogP contribution < -0.4 is 5.73 Å². The minimum absolute atomic E-state index is 0.170. The predicted octanol–water partition coefficient (Wildman–Crippen LogP) is 3.39. The third-order valence-corrected chi connectivity index (χ3v) is 2.56. The van der Waals surface area contributed by atoms with Crippen molar-refractivity contribution in [3.8, 4) is 5.69 Å². The van der Waals surface area contributed by atoms with E-state index in [4.69, 9.17) is 5.73 Å². The number of benzene rings is 1. The van der Waals surface area contributed by atoms with Gasteiger partial charge < -0.3 is 5.73 Å². The molecule has 0 atom stereocenters. The molecule has 0 amide bonds. The lowest BCUT2D eigenvalue weighted by Gasteiger charge is -2.14. The molecule has 0 radical (unpaired) electrons. The molecule has 0 aliphatic carbocycles. The fraction of sp³-hybridized carbons (Fsp3) is 0.0833. The number of halogens is 5. The largest absolute Gasteiger partial charge is 0.435 e. The van der Waals surface area contributed by atoms with Crippen LogP contribution in [0.25, 0.3) is 11.8 Å². The van der Waals surface area contributed by atoms with Crippen LogP contribution in [0, 0.1) is 11.6 Å². The lowest BCUT2D eigenvalue weighted by molar-refractivity contribution is -0.142. The first kappa shape index (κ1) is 14.0. The molecule has 0 bridgehead atoms. The SMILES string of the molecule is C=Cc1cc(F)cc(F)c1-n1ncc(N)c1C(F)(F)F. The third-order valence-electron chi connectivity index (χ3n) is 2.56. The Morgan fingerprint density at radius 3 is 2.45 bits per heavy atom. The maximum atomic E-state index is 13.8. The molecule has 0 aliphatic heterocycles. The van der Waals surface area contributed by atoms with Crippen LogP contribution in [0.5, 0.6) is 0 Å². The van der Waals surface area contributed by atoms with E-state index in [0.717, 1.165) is 18.3 Å². The standard InChI is InChI=1S/C12H8F5N3/c1-2-6-3-7(13)4-8(14)10(6)20-11(12(15,16)17)9(18)5-19-20/h2-5H,1,18H2. The molecule has 0 aliphatic rings. The van der Waals surface area contributed by atoms with E-state index in [0.29, 0.717) is 10.7 Å². The van der Waals surface area contributed by atoms with Gasteiger partial charge in [-0.05, 0) is 6.07 Å². The van der Waals surface area contributed by atoms with Crippen LogP contribution >= 0.6 is 0 Å². The normalized spacial score (nSPS) is 11.7. The summed E-state index contributed by atoms with van der Waals surface area (Å²) < 4.78 is 65.9. The highest BCUT2D eigenvalue weighted by Crippen LogP contribution is 2.36. The molecule has 2 rings (SSSR count). The summed E-state index contributed by atoms with van der Waals surface area (Å²) in [4.78, 5) is 0. The number of nitrogen functional groups attached to an aromatic ring is 1. The van der Waals surface area contributed by atoms with Crippen molar-refractivity contribution < 1.29 is 22.0 Å². The van der Waals surface area contributed by atoms with Crippen molar-refractivity contribution >= 4 is 11.8 Å². The first-order valence-corrected chi connectivity index (χ1v) is 5.28. The number of aromatic nitrogens is 2. The molecule has 20 heavy (non-hydrogen) atoms. The highest BCUT2D eigenvalue weighted by molar-refractivity contribution is 5.61. The summed E-state index contributed by atoms with van der Waals surface area (Å²) in [5, 5.41) is 3.41. The van der Waals surface area contributed by atoms with Gasteiger partial charge >= 0.3 is 6.18 Å². The topological polar surface area (TPSA) is 43.8 Å². The van der Waals surface area contributed by atoms with Gasteiger partial charge in [-0.3, -0.25) is 0 Å². The molecule has 3 nitrogen and oxygen atoms in total. The van der Waals surface area contributed by atoms with E-state index >= 15 is 0 Å². The molecule has 8 heteroatoms. The zero-order valence-electron chi connectivity index (χ0n) is 9.88. The van der Waals surface area contributed by atoms with E-state index < -0.39 is 34.9 Å². The summed E-state index contributed by atoms with van der Waals surface area (Å²) in [6.45, 7) is 3.31. The maximum absolute atomic E-state index is 13.8. The summed E-state index contributed by atoms with van der Waals surface area (Å²) in [5.41, 5.74) is 2.49. The molecule has 2 N–H and O–H groups in total. The summed E-state index contributed by atoms with van der Waals surface area (Å²) in [5.74, 6) is -2.14. The van der Waals surface area contributed by atoms with Crippen LogP contribution in [0.15, 0.2) is 24.9 Å². The Hall–Kier alpha value is -2.38. The maximum Gasteiger partial charge on any atom is 0.435 e. The molecule has 0 spiro atoms. The number of nitrogens with zero attached hydrogens (tertiary/aromatic N) is 2. The van der Waals surface area contributed by atoms with Crippen molar-refractivity contribution in [2.24, 2.45) is 0 Å². The molecule has 0 saturated carbocycles. The van der Waals surface area contributed by atoms with Gasteiger partial charge in [-0.25, -0.2) is 13.5 Å². The molecule has 1 aromatic heterocycles. The van der Waals surface area contributed by atoms with Crippen LogP contribution in [0.2, 0.25) is 0 Å². The Morgan fingerprint density at radius 1 is 1.25 bits per heavy atom. The lowest BCUT2D eigenvalue weighted by atomic mass is 10.1.